The zero-order chi connectivity index (χ0) is 16.1. The number of carbonyl (C=O) groups excluding carboxylic acids is 1. The van der Waals surface area contributed by atoms with Crippen LogP contribution < -0.4 is 10.6 Å². The van der Waals surface area contributed by atoms with E-state index in [0.717, 1.165) is 38.2 Å². The minimum absolute atomic E-state index is 0.319. The monoisotopic (exact) mass is 333 g/mol. The summed E-state index contributed by atoms with van der Waals surface area (Å²) in [5, 5.41) is 7.06. The first-order valence-corrected chi connectivity index (χ1v) is 9.78. The molecular formula is C18H27N3OS. The zero-order valence-electron chi connectivity index (χ0n) is 13.9. The Kier molecular flexibility index (Phi) is 5.84. The second kappa shape index (κ2) is 8.06. The fourth-order valence-electron chi connectivity index (χ4n) is 3.33. The van der Waals surface area contributed by atoms with Crippen LogP contribution in [-0.4, -0.2) is 54.0 Å². The van der Waals surface area contributed by atoms with E-state index >= 15 is 0 Å². The topological polar surface area (TPSA) is 44.4 Å². The van der Waals surface area contributed by atoms with Gasteiger partial charge in [0.1, 0.15) is 0 Å². The van der Waals surface area contributed by atoms with E-state index in [-0.39, 0.29) is 0 Å². The minimum atomic E-state index is 0.319. The van der Waals surface area contributed by atoms with Gasteiger partial charge in [-0.15, -0.1) is 0 Å². The summed E-state index contributed by atoms with van der Waals surface area (Å²) in [5.74, 6) is 2.55. The summed E-state index contributed by atoms with van der Waals surface area (Å²) in [6.07, 6.45) is 2.72. The maximum Gasteiger partial charge on any atom is 0.224 e. The van der Waals surface area contributed by atoms with Gasteiger partial charge in [0.25, 0.3) is 0 Å². The Balaban J connectivity index is 1.43. The van der Waals surface area contributed by atoms with Gasteiger partial charge in [-0.25, -0.2) is 0 Å². The van der Waals surface area contributed by atoms with E-state index in [2.05, 4.69) is 46.7 Å². The highest BCUT2D eigenvalue weighted by atomic mass is 32.2. The lowest BCUT2D eigenvalue weighted by molar-refractivity contribution is -0.132. The molecule has 4 nitrogen and oxygen atoms in total. The lowest BCUT2D eigenvalue weighted by Gasteiger charge is -2.34. The molecule has 0 spiro atoms. The molecule has 3 rings (SSSR count). The van der Waals surface area contributed by atoms with E-state index in [1.165, 1.54) is 17.0 Å². The number of thioether (sulfide) groups is 1. The molecular weight excluding hydrogens is 306 g/mol. The normalized spacial score (nSPS) is 22.8. The van der Waals surface area contributed by atoms with E-state index in [9.17, 15) is 4.79 Å². The quantitative estimate of drug-likeness (QED) is 0.889. The number of piperidine rings is 1. The first-order valence-electron chi connectivity index (χ1n) is 8.63. The first kappa shape index (κ1) is 16.7. The molecule has 0 aliphatic carbocycles. The van der Waals surface area contributed by atoms with Gasteiger partial charge < -0.3 is 15.5 Å². The molecule has 2 aliphatic heterocycles. The van der Waals surface area contributed by atoms with Crippen molar-refractivity contribution < 1.29 is 4.79 Å². The van der Waals surface area contributed by atoms with Crippen molar-refractivity contribution >= 4 is 23.4 Å². The Morgan fingerprint density at radius 2 is 2.22 bits per heavy atom. The lowest BCUT2D eigenvalue weighted by Crippen LogP contribution is -2.46. The highest BCUT2D eigenvalue weighted by Gasteiger charge is 2.25. The highest BCUT2D eigenvalue weighted by molar-refractivity contribution is 7.99. The molecule has 2 heterocycles. The van der Waals surface area contributed by atoms with Gasteiger partial charge >= 0.3 is 0 Å². The van der Waals surface area contributed by atoms with E-state index in [4.69, 9.17) is 0 Å². The van der Waals surface area contributed by atoms with Gasteiger partial charge in [0, 0.05) is 55.3 Å². The predicted molar refractivity (Wildman–Crippen MR) is 98.1 cm³/mol. The summed E-state index contributed by atoms with van der Waals surface area (Å²) in [7, 11) is 0. The van der Waals surface area contributed by atoms with Crippen molar-refractivity contribution in [1.29, 1.82) is 0 Å². The van der Waals surface area contributed by atoms with Crippen molar-refractivity contribution in [3.05, 3.63) is 29.8 Å². The number of nitrogens with zero attached hydrogens (tertiary/aromatic N) is 1. The number of hydrogen-bond acceptors (Lipinski definition) is 4. The summed E-state index contributed by atoms with van der Waals surface area (Å²) in [6.45, 7) is 4.90. The Bertz CT molecular complexity index is 523. The van der Waals surface area contributed by atoms with Crippen LogP contribution in [0.3, 0.4) is 0 Å². The van der Waals surface area contributed by atoms with Crippen LogP contribution in [0, 0.1) is 6.92 Å². The molecule has 2 aliphatic rings. The predicted octanol–water partition coefficient (Wildman–Crippen LogP) is 2.49. The van der Waals surface area contributed by atoms with Crippen molar-refractivity contribution in [3.63, 3.8) is 0 Å². The number of hydrogen-bond donors (Lipinski definition) is 2. The molecule has 1 unspecified atom stereocenters. The summed E-state index contributed by atoms with van der Waals surface area (Å²) >= 11 is 1.95. The Morgan fingerprint density at radius 1 is 1.39 bits per heavy atom. The molecule has 0 bridgehead atoms. The second-order valence-electron chi connectivity index (χ2n) is 6.60. The molecule has 126 valence electrons. The van der Waals surface area contributed by atoms with Gasteiger partial charge in [-0.2, -0.15) is 11.8 Å². The van der Waals surface area contributed by atoms with E-state index in [1.807, 2.05) is 11.8 Å². The number of nitrogens with one attached hydrogen (secondary N) is 2. The Labute approximate surface area is 143 Å². The summed E-state index contributed by atoms with van der Waals surface area (Å²) < 4.78 is 0. The van der Waals surface area contributed by atoms with Crippen LogP contribution in [0.5, 0.6) is 0 Å². The third-order valence-electron chi connectivity index (χ3n) is 4.66. The molecule has 2 fully saturated rings. The van der Waals surface area contributed by atoms with Crippen molar-refractivity contribution in [3.8, 4) is 0 Å². The van der Waals surface area contributed by atoms with E-state index < -0.39 is 0 Å². The maximum atomic E-state index is 12.4. The summed E-state index contributed by atoms with van der Waals surface area (Å²) in [5.41, 5.74) is 2.47. The van der Waals surface area contributed by atoms with Crippen molar-refractivity contribution in [2.45, 2.75) is 38.3 Å². The van der Waals surface area contributed by atoms with Crippen LogP contribution in [-0.2, 0) is 4.79 Å². The highest BCUT2D eigenvalue weighted by Crippen LogP contribution is 2.19. The van der Waals surface area contributed by atoms with Gasteiger partial charge in [-0.3, -0.25) is 4.79 Å². The van der Waals surface area contributed by atoms with Crippen molar-refractivity contribution in [1.82, 2.24) is 10.2 Å². The molecule has 0 aromatic heterocycles. The van der Waals surface area contributed by atoms with Crippen LogP contribution >= 0.6 is 11.8 Å². The number of rotatable bonds is 4. The average Bonchev–Trinajstić information content (AvgIpc) is 2.56. The standard InChI is InChI=1S/C18H27N3OS/c1-14-3-2-4-16(11-14)20-15-5-8-21(9-6-15)18(22)12-17-13-23-10-7-19-17/h2-4,11,15,17,19-20H,5-10,12-13H2,1H3. The first-order chi connectivity index (χ1) is 11.2. The van der Waals surface area contributed by atoms with Crippen molar-refractivity contribution in [2.24, 2.45) is 0 Å². The number of likely N-dealkylation sites (tertiary alicyclic amines) is 1. The van der Waals surface area contributed by atoms with Gasteiger partial charge in [-0.05, 0) is 37.5 Å². The molecule has 1 atom stereocenters. The van der Waals surface area contributed by atoms with Gasteiger partial charge in [-0.1, -0.05) is 12.1 Å². The van der Waals surface area contributed by atoms with Crippen LogP contribution in [0.15, 0.2) is 24.3 Å². The smallest absolute Gasteiger partial charge is 0.224 e. The number of amides is 1. The number of carbonyl (C=O) groups is 1. The molecule has 0 radical (unpaired) electrons. The van der Waals surface area contributed by atoms with E-state index in [1.54, 1.807) is 0 Å². The van der Waals surface area contributed by atoms with E-state index in [0.29, 0.717) is 24.4 Å². The minimum Gasteiger partial charge on any atom is -0.382 e. The molecule has 0 saturated carbocycles. The Hall–Kier alpha value is -1.20. The van der Waals surface area contributed by atoms with Gasteiger partial charge in [0.15, 0.2) is 0 Å². The molecule has 1 aromatic rings. The lowest BCUT2D eigenvalue weighted by atomic mass is 10.0. The van der Waals surface area contributed by atoms with Crippen molar-refractivity contribution in [2.75, 3.05) is 36.5 Å². The van der Waals surface area contributed by atoms with Crippen LogP contribution in [0.1, 0.15) is 24.8 Å². The van der Waals surface area contributed by atoms with Gasteiger partial charge in [0.2, 0.25) is 5.91 Å². The molecule has 2 saturated heterocycles. The largest absolute Gasteiger partial charge is 0.382 e. The van der Waals surface area contributed by atoms with Gasteiger partial charge in [0.05, 0.1) is 0 Å². The second-order valence-corrected chi connectivity index (χ2v) is 7.75. The third-order valence-corrected chi connectivity index (χ3v) is 5.79. The molecule has 23 heavy (non-hydrogen) atoms. The molecule has 2 N–H and O–H groups in total. The average molecular weight is 334 g/mol. The SMILES string of the molecule is Cc1cccc(NC2CCN(C(=O)CC3CSCCN3)CC2)c1. The Morgan fingerprint density at radius 3 is 2.91 bits per heavy atom. The molecule has 1 aromatic carbocycles. The van der Waals surface area contributed by atoms with Crippen LogP contribution in [0.4, 0.5) is 5.69 Å². The van der Waals surface area contributed by atoms with Crippen LogP contribution in [0.25, 0.3) is 0 Å². The molecule has 5 heteroatoms. The fraction of sp³-hybridized carbons (Fsp3) is 0.611. The molecule has 1 amide bonds. The van der Waals surface area contributed by atoms with Crippen LogP contribution in [0.2, 0.25) is 0 Å². The zero-order valence-corrected chi connectivity index (χ0v) is 14.7. The fourth-order valence-corrected chi connectivity index (χ4v) is 4.28. The number of aryl methyl sites for hydroxylation is 1. The summed E-state index contributed by atoms with van der Waals surface area (Å²) in [6, 6.07) is 9.35. The summed E-state index contributed by atoms with van der Waals surface area (Å²) in [4.78, 5) is 14.5. The number of benzene rings is 1. The maximum absolute atomic E-state index is 12.4. The third kappa shape index (κ3) is 4.88. The number of anilines is 1.